The molecular formula is C13H13BrClNO3. The van der Waals surface area contributed by atoms with E-state index in [1.54, 1.807) is 32.0 Å². The lowest BCUT2D eigenvalue weighted by atomic mass is 10.1. The van der Waals surface area contributed by atoms with E-state index in [1.165, 1.54) is 0 Å². The van der Waals surface area contributed by atoms with Crippen LogP contribution in [0.2, 0.25) is 5.02 Å². The van der Waals surface area contributed by atoms with E-state index in [4.69, 9.17) is 16.7 Å². The summed E-state index contributed by atoms with van der Waals surface area (Å²) in [5.41, 5.74) is -0.0284. The van der Waals surface area contributed by atoms with Gasteiger partial charge in [-0.3, -0.25) is 9.59 Å². The van der Waals surface area contributed by atoms with Crippen LogP contribution in [0.25, 0.3) is 0 Å². The first-order chi connectivity index (χ1) is 8.75. The molecule has 1 saturated carbocycles. The average molecular weight is 347 g/mol. The molecule has 0 aliphatic heterocycles. The Labute approximate surface area is 124 Å². The van der Waals surface area contributed by atoms with Gasteiger partial charge in [-0.1, -0.05) is 41.4 Å². The second kappa shape index (κ2) is 4.80. The molecule has 0 bridgehead atoms. The van der Waals surface area contributed by atoms with Crippen LogP contribution in [0, 0.1) is 17.3 Å². The maximum atomic E-state index is 12.1. The van der Waals surface area contributed by atoms with Crippen molar-refractivity contribution in [1.82, 2.24) is 0 Å². The van der Waals surface area contributed by atoms with E-state index in [-0.39, 0.29) is 5.91 Å². The predicted molar refractivity (Wildman–Crippen MR) is 76.2 cm³/mol. The summed E-state index contributed by atoms with van der Waals surface area (Å²) >= 11 is 9.28. The minimum Gasteiger partial charge on any atom is -0.481 e. The Morgan fingerprint density at radius 2 is 2.00 bits per heavy atom. The van der Waals surface area contributed by atoms with E-state index in [9.17, 15) is 9.59 Å². The van der Waals surface area contributed by atoms with Crippen molar-refractivity contribution in [1.29, 1.82) is 0 Å². The molecule has 1 aliphatic rings. The highest BCUT2D eigenvalue weighted by molar-refractivity contribution is 9.10. The molecule has 0 spiro atoms. The zero-order chi connectivity index (χ0) is 14.4. The normalized spacial score (nSPS) is 23.8. The molecule has 1 fully saturated rings. The van der Waals surface area contributed by atoms with E-state index in [2.05, 4.69) is 21.2 Å². The van der Waals surface area contributed by atoms with Gasteiger partial charge in [0.05, 0.1) is 22.5 Å². The van der Waals surface area contributed by atoms with Gasteiger partial charge in [0, 0.05) is 4.47 Å². The maximum Gasteiger partial charge on any atom is 0.307 e. The number of amides is 1. The summed E-state index contributed by atoms with van der Waals surface area (Å²) in [6, 6.07) is 5.10. The number of carbonyl (C=O) groups excluding carboxylic acids is 1. The lowest BCUT2D eigenvalue weighted by molar-refractivity contribution is -0.140. The topological polar surface area (TPSA) is 66.4 Å². The molecule has 1 aromatic rings. The average Bonchev–Trinajstić information content (AvgIpc) is 2.86. The summed E-state index contributed by atoms with van der Waals surface area (Å²) in [5, 5.41) is 12.1. The molecule has 0 saturated heterocycles. The monoisotopic (exact) mass is 345 g/mol. The fraction of sp³-hybridized carbons (Fsp3) is 0.385. The predicted octanol–water partition coefficient (Wildman–Crippen LogP) is 3.40. The van der Waals surface area contributed by atoms with E-state index in [0.29, 0.717) is 10.7 Å². The number of benzene rings is 1. The van der Waals surface area contributed by atoms with Gasteiger partial charge in [0.15, 0.2) is 0 Å². The molecule has 1 aromatic carbocycles. The van der Waals surface area contributed by atoms with Crippen molar-refractivity contribution in [3.8, 4) is 0 Å². The third-order valence-electron chi connectivity index (χ3n) is 3.56. The van der Waals surface area contributed by atoms with Gasteiger partial charge in [0.2, 0.25) is 5.91 Å². The van der Waals surface area contributed by atoms with Crippen molar-refractivity contribution in [2.45, 2.75) is 13.8 Å². The fourth-order valence-corrected chi connectivity index (χ4v) is 3.11. The van der Waals surface area contributed by atoms with E-state index in [1.807, 2.05) is 0 Å². The lowest BCUT2D eigenvalue weighted by Gasteiger charge is -2.08. The number of halogens is 2. The molecule has 1 aliphatic carbocycles. The van der Waals surface area contributed by atoms with Crippen LogP contribution >= 0.6 is 27.5 Å². The second-order valence-electron chi connectivity index (χ2n) is 5.23. The van der Waals surface area contributed by atoms with E-state index < -0.39 is 23.2 Å². The zero-order valence-corrected chi connectivity index (χ0v) is 12.7. The number of carboxylic acid groups (broad SMARTS) is 1. The number of rotatable bonds is 3. The minimum absolute atomic E-state index is 0.304. The molecule has 0 radical (unpaired) electrons. The van der Waals surface area contributed by atoms with Crippen LogP contribution in [-0.4, -0.2) is 17.0 Å². The van der Waals surface area contributed by atoms with Gasteiger partial charge in [-0.05, 0) is 23.6 Å². The van der Waals surface area contributed by atoms with Gasteiger partial charge in [-0.25, -0.2) is 0 Å². The summed E-state index contributed by atoms with van der Waals surface area (Å²) in [7, 11) is 0. The van der Waals surface area contributed by atoms with E-state index in [0.717, 1.165) is 4.47 Å². The molecule has 0 aromatic heterocycles. The Balaban J connectivity index is 2.13. The molecule has 6 heteroatoms. The lowest BCUT2D eigenvalue weighted by Crippen LogP contribution is -2.17. The van der Waals surface area contributed by atoms with Gasteiger partial charge in [0.1, 0.15) is 0 Å². The highest BCUT2D eigenvalue weighted by atomic mass is 79.9. The molecule has 2 atom stereocenters. The Morgan fingerprint density at radius 3 is 2.47 bits per heavy atom. The highest BCUT2D eigenvalue weighted by Crippen LogP contribution is 2.58. The second-order valence-corrected chi connectivity index (χ2v) is 6.55. The Morgan fingerprint density at radius 1 is 1.37 bits per heavy atom. The first-order valence-electron chi connectivity index (χ1n) is 5.74. The standard InChI is InChI=1S/C13H13BrClNO3/c1-13(2)9(10(13)12(18)19)11(17)16-8-4-3-6(14)5-7(8)15/h3-5,9-10H,1-2H3,(H,16,17)(H,18,19)/t9-,10+/m1/s1. The summed E-state index contributed by atoms with van der Waals surface area (Å²) in [5.74, 6) is -2.40. The summed E-state index contributed by atoms with van der Waals surface area (Å²) in [6.07, 6.45) is 0. The third-order valence-corrected chi connectivity index (χ3v) is 4.37. The Bertz CT molecular complexity index is 559. The maximum absolute atomic E-state index is 12.1. The van der Waals surface area contributed by atoms with Crippen LogP contribution < -0.4 is 5.32 Å². The van der Waals surface area contributed by atoms with Crippen LogP contribution in [0.3, 0.4) is 0 Å². The molecule has 2 N–H and O–H groups in total. The Kier molecular flexibility index (Phi) is 3.62. The number of carboxylic acids is 1. The van der Waals surface area contributed by atoms with Crippen molar-refractivity contribution < 1.29 is 14.7 Å². The molecule has 102 valence electrons. The quantitative estimate of drug-likeness (QED) is 0.881. The van der Waals surface area contributed by atoms with Crippen LogP contribution in [-0.2, 0) is 9.59 Å². The molecule has 1 amide bonds. The van der Waals surface area contributed by atoms with Crippen molar-refractivity contribution in [2.24, 2.45) is 17.3 Å². The molecule has 19 heavy (non-hydrogen) atoms. The number of nitrogens with one attached hydrogen (secondary N) is 1. The van der Waals surface area contributed by atoms with Gasteiger partial charge in [0.25, 0.3) is 0 Å². The molecular weight excluding hydrogens is 334 g/mol. The first kappa shape index (κ1) is 14.3. The van der Waals surface area contributed by atoms with Crippen LogP contribution in [0.1, 0.15) is 13.8 Å². The Hall–Kier alpha value is -1.07. The number of anilines is 1. The van der Waals surface area contributed by atoms with Crippen molar-refractivity contribution in [2.75, 3.05) is 5.32 Å². The smallest absolute Gasteiger partial charge is 0.307 e. The summed E-state index contributed by atoms with van der Waals surface area (Å²) < 4.78 is 0.811. The van der Waals surface area contributed by atoms with Crippen LogP contribution in [0.5, 0.6) is 0 Å². The van der Waals surface area contributed by atoms with Gasteiger partial charge in [-0.15, -0.1) is 0 Å². The van der Waals surface area contributed by atoms with E-state index >= 15 is 0 Å². The van der Waals surface area contributed by atoms with Crippen molar-refractivity contribution in [3.63, 3.8) is 0 Å². The van der Waals surface area contributed by atoms with Crippen LogP contribution in [0.15, 0.2) is 22.7 Å². The zero-order valence-electron chi connectivity index (χ0n) is 10.4. The van der Waals surface area contributed by atoms with Crippen molar-refractivity contribution >= 4 is 45.1 Å². The number of aliphatic carboxylic acids is 1. The molecule has 0 unspecified atom stereocenters. The van der Waals surface area contributed by atoms with Gasteiger partial charge < -0.3 is 10.4 Å². The largest absolute Gasteiger partial charge is 0.481 e. The number of hydrogen-bond acceptors (Lipinski definition) is 2. The summed E-state index contributed by atoms with van der Waals surface area (Å²) in [6.45, 7) is 3.55. The van der Waals surface area contributed by atoms with Crippen molar-refractivity contribution in [3.05, 3.63) is 27.7 Å². The number of carbonyl (C=O) groups is 2. The fourth-order valence-electron chi connectivity index (χ4n) is 2.39. The molecule has 2 rings (SSSR count). The summed E-state index contributed by atoms with van der Waals surface area (Å²) in [4.78, 5) is 23.1. The van der Waals surface area contributed by atoms with Gasteiger partial charge >= 0.3 is 5.97 Å². The molecule has 4 nitrogen and oxygen atoms in total. The van der Waals surface area contributed by atoms with Crippen LogP contribution in [0.4, 0.5) is 5.69 Å². The van der Waals surface area contributed by atoms with Gasteiger partial charge in [-0.2, -0.15) is 0 Å². The SMILES string of the molecule is CC1(C)[C@H](C(=O)O)[C@@H]1C(=O)Nc1ccc(Br)cc1Cl. The molecule has 0 heterocycles. The highest BCUT2D eigenvalue weighted by Gasteiger charge is 2.65. The number of hydrogen-bond donors (Lipinski definition) is 2. The first-order valence-corrected chi connectivity index (χ1v) is 6.91. The third kappa shape index (κ3) is 2.62. The minimum atomic E-state index is -0.938.